The fraction of sp³-hybridized carbons (Fsp3) is 0.364. The quantitative estimate of drug-likeness (QED) is 0.839. The summed E-state index contributed by atoms with van der Waals surface area (Å²) in [4.78, 5) is 10.2. The molecule has 0 N–H and O–H groups in total. The van der Waals surface area contributed by atoms with Crippen molar-refractivity contribution in [2.24, 2.45) is 0 Å². The summed E-state index contributed by atoms with van der Waals surface area (Å²) < 4.78 is 5.01. The normalized spacial score (nSPS) is 10.6. The van der Waals surface area contributed by atoms with Gasteiger partial charge in [0.1, 0.15) is 22.3 Å². The number of rotatable bonds is 3. The zero-order valence-corrected chi connectivity index (χ0v) is 10.7. The molecule has 2 heterocycles. The molecule has 0 aliphatic carbocycles. The van der Waals surface area contributed by atoms with E-state index in [-0.39, 0.29) is 0 Å². The van der Waals surface area contributed by atoms with Crippen molar-refractivity contribution in [1.29, 1.82) is 0 Å². The molecule has 90 valence electrons. The van der Waals surface area contributed by atoms with Crippen LogP contribution in [0.4, 0.5) is 5.82 Å². The molecule has 5 nitrogen and oxygen atoms in total. The zero-order chi connectivity index (χ0) is 12.4. The fourth-order valence-corrected chi connectivity index (χ4v) is 1.76. The van der Waals surface area contributed by atoms with Crippen molar-refractivity contribution in [1.82, 2.24) is 15.1 Å². The molecule has 0 aromatic carbocycles. The minimum Gasteiger partial charge on any atom is -0.361 e. The first-order valence-corrected chi connectivity index (χ1v) is 5.56. The average Bonchev–Trinajstić information content (AvgIpc) is 2.67. The zero-order valence-electron chi connectivity index (χ0n) is 9.94. The van der Waals surface area contributed by atoms with Gasteiger partial charge in [0.25, 0.3) is 0 Å². The molecule has 0 fully saturated rings. The van der Waals surface area contributed by atoms with E-state index in [9.17, 15) is 0 Å². The van der Waals surface area contributed by atoms with Gasteiger partial charge < -0.3 is 9.42 Å². The molecule has 0 unspecified atom stereocenters. The van der Waals surface area contributed by atoms with Crippen LogP contribution in [0.1, 0.15) is 17.3 Å². The smallest absolute Gasteiger partial charge is 0.151 e. The second-order valence-corrected chi connectivity index (χ2v) is 4.28. The molecule has 2 aromatic rings. The molecule has 0 saturated carbocycles. The van der Waals surface area contributed by atoms with Crippen LogP contribution in [0.2, 0.25) is 5.02 Å². The van der Waals surface area contributed by atoms with E-state index in [4.69, 9.17) is 16.1 Å². The lowest BCUT2D eigenvalue weighted by Gasteiger charge is -2.17. The van der Waals surface area contributed by atoms with Crippen LogP contribution in [0.5, 0.6) is 0 Å². The predicted octanol–water partition coefficient (Wildman–Crippen LogP) is 2.37. The molecule has 0 radical (unpaired) electrons. The molecule has 6 heteroatoms. The Hall–Kier alpha value is -1.62. The number of hydrogen-bond acceptors (Lipinski definition) is 5. The minimum atomic E-state index is 0.526. The van der Waals surface area contributed by atoms with Crippen LogP contribution >= 0.6 is 11.6 Å². The molecule has 2 rings (SSSR count). The SMILES string of the molecule is Cc1ncc(Cl)c(N(C)Cc2cc(C)on2)n1. The largest absolute Gasteiger partial charge is 0.361 e. The Morgan fingerprint density at radius 2 is 2.18 bits per heavy atom. The highest BCUT2D eigenvalue weighted by Gasteiger charge is 2.11. The van der Waals surface area contributed by atoms with Gasteiger partial charge in [0.15, 0.2) is 5.82 Å². The van der Waals surface area contributed by atoms with Crippen LogP contribution in [0.25, 0.3) is 0 Å². The number of aryl methyl sites for hydroxylation is 2. The van der Waals surface area contributed by atoms with Gasteiger partial charge in [-0.25, -0.2) is 9.97 Å². The lowest BCUT2D eigenvalue weighted by molar-refractivity contribution is 0.390. The Kier molecular flexibility index (Phi) is 3.28. The van der Waals surface area contributed by atoms with E-state index in [1.165, 1.54) is 0 Å². The maximum atomic E-state index is 6.05. The highest BCUT2D eigenvalue weighted by molar-refractivity contribution is 6.32. The van der Waals surface area contributed by atoms with E-state index in [1.54, 1.807) is 6.20 Å². The summed E-state index contributed by atoms with van der Waals surface area (Å²) in [6.07, 6.45) is 1.60. The molecule has 0 spiro atoms. The summed E-state index contributed by atoms with van der Waals surface area (Å²) in [5, 5.41) is 4.46. The van der Waals surface area contributed by atoms with E-state index in [2.05, 4.69) is 15.1 Å². The van der Waals surface area contributed by atoms with Gasteiger partial charge in [-0.2, -0.15) is 0 Å². The molecule has 0 saturated heterocycles. The van der Waals surface area contributed by atoms with E-state index in [0.717, 1.165) is 11.5 Å². The Balaban J connectivity index is 2.19. The monoisotopic (exact) mass is 252 g/mol. The van der Waals surface area contributed by atoms with Gasteiger partial charge in [-0.05, 0) is 13.8 Å². The standard InChI is InChI=1S/C11H13ClN4O/c1-7-4-9(15-17-7)6-16(3)11-10(12)5-13-8(2)14-11/h4-5H,6H2,1-3H3. The summed E-state index contributed by atoms with van der Waals surface area (Å²) >= 11 is 6.05. The summed E-state index contributed by atoms with van der Waals surface area (Å²) in [5.74, 6) is 2.17. The Morgan fingerprint density at radius 3 is 2.82 bits per heavy atom. The molecule has 17 heavy (non-hydrogen) atoms. The van der Waals surface area contributed by atoms with Crippen LogP contribution in [-0.4, -0.2) is 22.2 Å². The molecule has 0 aliphatic rings. The van der Waals surface area contributed by atoms with Crippen LogP contribution in [-0.2, 0) is 6.54 Å². The third-order valence-corrected chi connectivity index (χ3v) is 2.55. The molecule has 0 aliphatic heterocycles. The predicted molar refractivity (Wildman–Crippen MR) is 65.1 cm³/mol. The number of halogens is 1. The Bertz CT molecular complexity index is 526. The van der Waals surface area contributed by atoms with Crippen LogP contribution < -0.4 is 4.90 Å². The maximum Gasteiger partial charge on any atom is 0.151 e. The van der Waals surface area contributed by atoms with Crippen molar-refractivity contribution < 1.29 is 4.52 Å². The van der Waals surface area contributed by atoms with Crippen molar-refractivity contribution in [3.05, 3.63) is 34.6 Å². The highest BCUT2D eigenvalue weighted by atomic mass is 35.5. The van der Waals surface area contributed by atoms with Gasteiger partial charge in [-0.3, -0.25) is 0 Å². The molecule has 0 atom stereocenters. The van der Waals surface area contributed by atoms with E-state index in [1.807, 2.05) is 31.9 Å². The van der Waals surface area contributed by atoms with Crippen LogP contribution in [0.15, 0.2) is 16.8 Å². The second-order valence-electron chi connectivity index (χ2n) is 3.87. The third kappa shape index (κ3) is 2.74. The lowest BCUT2D eigenvalue weighted by Crippen LogP contribution is -2.19. The minimum absolute atomic E-state index is 0.526. The van der Waals surface area contributed by atoms with Crippen LogP contribution in [0.3, 0.4) is 0 Å². The third-order valence-electron chi connectivity index (χ3n) is 2.28. The number of nitrogens with zero attached hydrogens (tertiary/aromatic N) is 4. The van der Waals surface area contributed by atoms with Gasteiger partial charge in [0.05, 0.1) is 12.7 Å². The van der Waals surface area contributed by atoms with Crippen molar-refractivity contribution in [3.8, 4) is 0 Å². The van der Waals surface area contributed by atoms with Crippen molar-refractivity contribution in [2.75, 3.05) is 11.9 Å². The summed E-state index contributed by atoms with van der Waals surface area (Å²) in [6.45, 7) is 4.28. The molecular weight excluding hydrogens is 240 g/mol. The van der Waals surface area contributed by atoms with Gasteiger partial charge in [0.2, 0.25) is 0 Å². The highest BCUT2D eigenvalue weighted by Crippen LogP contribution is 2.22. The summed E-state index contributed by atoms with van der Waals surface area (Å²) in [7, 11) is 1.90. The average molecular weight is 253 g/mol. The van der Waals surface area contributed by atoms with E-state index in [0.29, 0.717) is 23.2 Å². The van der Waals surface area contributed by atoms with Crippen molar-refractivity contribution in [3.63, 3.8) is 0 Å². The molecule has 0 bridgehead atoms. The number of aromatic nitrogens is 3. The number of anilines is 1. The van der Waals surface area contributed by atoms with Crippen molar-refractivity contribution in [2.45, 2.75) is 20.4 Å². The van der Waals surface area contributed by atoms with E-state index < -0.39 is 0 Å². The number of hydrogen-bond donors (Lipinski definition) is 0. The first-order chi connectivity index (χ1) is 8.06. The van der Waals surface area contributed by atoms with Gasteiger partial charge in [0, 0.05) is 13.1 Å². The summed E-state index contributed by atoms with van der Waals surface area (Å²) in [5.41, 5.74) is 0.845. The maximum absolute atomic E-state index is 6.05. The Morgan fingerprint density at radius 1 is 1.41 bits per heavy atom. The Labute approximate surface area is 104 Å². The molecule has 2 aromatic heterocycles. The second kappa shape index (κ2) is 4.71. The first kappa shape index (κ1) is 11.9. The van der Waals surface area contributed by atoms with E-state index >= 15 is 0 Å². The fourth-order valence-electron chi connectivity index (χ4n) is 1.52. The van der Waals surface area contributed by atoms with Crippen LogP contribution in [0, 0.1) is 13.8 Å². The van der Waals surface area contributed by atoms with Crippen molar-refractivity contribution >= 4 is 17.4 Å². The van der Waals surface area contributed by atoms with Gasteiger partial charge in [-0.1, -0.05) is 16.8 Å². The topological polar surface area (TPSA) is 55.1 Å². The molecule has 0 amide bonds. The molecular formula is C11H13ClN4O. The van der Waals surface area contributed by atoms with Gasteiger partial charge >= 0.3 is 0 Å². The summed E-state index contributed by atoms with van der Waals surface area (Å²) in [6, 6.07) is 1.89. The first-order valence-electron chi connectivity index (χ1n) is 5.18. The van der Waals surface area contributed by atoms with Gasteiger partial charge in [-0.15, -0.1) is 0 Å². The lowest BCUT2D eigenvalue weighted by atomic mass is 10.3.